The predicted molar refractivity (Wildman–Crippen MR) is 67.5 cm³/mol. The topological polar surface area (TPSA) is 35.5 Å². The highest BCUT2D eigenvalue weighted by atomic mass is 32.2. The average Bonchev–Trinajstić information content (AvgIpc) is 2.70. The van der Waals surface area contributed by atoms with E-state index in [1.54, 1.807) is 0 Å². The lowest BCUT2D eigenvalue weighted by atomic mass is 10.3. The summed E-state index contributed by atoms with van der Waals surface area (Å²) in [6, 6.07) is 0. The molecule has 1 aliphatic heterocycles. The molecular weight excluding hydrogens is 208 g/mol. The van der Waals surface area contributed by atoms with Crippen LogP contribution in [-0.2, 0) is 0 Å². The number of likely N-dealkylation sites (tertiary alicyclic amines) is 1. The molecule has 1 rings (SSSR count). The van der Waals surface area contributed by atoms with Crippen LogP contribution in [0.15, 0.2) is 0 Å². The first-order chi connectivity index (χ1) is 7.33. The first-order valence-corrected chi connectivity index (χ1v) is 7.32. The molecule has 0 aromatic rings. The van der Waals surface area contributed by atoms with Crippen LogP contribution in [0, 0.1) is 0 Å². The number of aliphatic hydroxyl groups is 1. The maximum absolute atomic E-state index is 9.76. The van der Waals surface area contributed by atoms with Crippen LogP contribution in [0.1, 0.15) is 19.3 Å². The van der Waals surface area contributed by atoms with Crippen molar-refractivity contribution in [2.75, 3.05) is 44.7 Å². The van der Waals surface area contributed by atoms with Crippen LogP contribution in [0.3, 0.4) is 0 Å². The number of hydrogen-bond acceptors (Lipinski definition) is 4. The normalized spacial score (nSPS) is 19.6. The monoisotopic (exact) mass is 232 g/mol. The Morgan fingerprint density at radius 1 is 1.40 bits per heavy atom. The van der Waals surface area contributed by atoms with Crippen molar-refractivity contribution in [3.05, 3.63) is 0 Å². The van der Waals surface area contributed by atoms with Crippen molar-refractivity contribution in [2.45, 2.75) is 25.4 Å². The lowest BCUT2D eigenvalue weighted by Crippen LogP contribution is -2.37. The maximum Gasteiger partial charge on any atom is 0.0791 e. The molecule has 0 bridgehead atoms. The highest BCUT2D eigenvalue weighted by Gasteiger charge is 2.14. The minimum atomic E-state index is -0.197. The van der Waals surface area contributed by atoms with E-state index in [9.17, 15) is 5.11 Å². The second-order valence-corrected chi connectivity index (χ2v) is 5.20. The lowest BCUT2D eigenvalue weighted by molar-refractivity contribution is 0.124. The van der Waals surface area contributed by atoms with Crippen molar-refractivity contribution in [3.63, 3.8) is 0 Å². The zero-order valence-electron chi connectivity index (χ0n) is 9.74. The van der Waals surface area contributed by atoms with E-state index in [4.69, 9.17) is 0 Å². The lowest BCUT2D eigenvalue weighted by Gasteiger charge is -2.19. The molecule has 1 atom stereocenters. The fourth-order valence-electron chi connectivity index (χ4n) is 1.94. The summed E-state index contributed by atoms with van der Waals surface area (Å²) < 4.78 is 0. The van der Waals surface area contributed by atoms with Crippen molar-refractivity contribution < 1.29 is 5.11 Å². The molecule has 0 spiro atoms. The van der Waals surface area contributed by atoms with Crippen LogP contribution < -0.4 is 5.32 Å². The average molecular weight is 232 g/mol. The molecule has 0 aromatic carbocycles. The fraction of sp³-hybridized carbons (Fsp3) is 1.00. The van der Waals surface area contributed by atoms with Gasteiger partial charge >= 0.3 is 0 Å². The van der Waals surface area contributed by atoms with E-state index >= 15 is 0 Å². The molecule has 1 aliphatic rings. The van der Waals surface area contributed by atoms with Crippen molar-refractivity contribution in [3.8, 4) is 0 Å². The number of β-amino-alcohol motifs (C(OH)–C–C–N with tert-alkyl or cyclic N) is 1. The van der Waals surface area contributed by atoms with E-state index in [2.05, 4.69) is 16.5 Å². The third-order valence-electron chi connectivity index (χ3n) is 2.75. The SMILES string of the molecule is CSCCCNCC(O)CN1CCCC1. The molecule has 0 amide bonds. The van der Waals surface area contributed by atoms with Gasteiger partial charge in [-0.05, 0) is 50.9 Å². The molecule has 2 N–H and O–H groups in total. The molecule has 1 fully saturated rings. The second-order valence-electron chi connectivity index (χ2n) is 4.21. The molecule has 1 saturated heterocycles. The summed E-state index contributed by atoms with van der Waals surface area (Å²) in [5.41, 5.74) is 0. The summed E-state index contributed by atoms with van der Waals surface area (Å²) in [6.07, 6.45) is 5.72. The Kier molecular flexibility index (Phi) is 7.44. The maximum atomic E-state index is 9.76. The molecule has 1 unspecified atom stereocenters. The van der Waals surface area contributed by atoms with E-state index in [1.807, 2.05) is 11.8 Å². The number of nitrogens with zero attached hydrogens (tertiary/aromatic N) is 1. The first kappa shape index (κ1) is 13.3. The molecular formula is C11H24N2OS. The summed E-state index contributed by atoms with van der Waals surface area (Å²) in [4.78, 5) is 2.36. The second kappa shape index (κ2) is 8.39. The van der Waals surface area contributed by atoms with Crippen LogP contribution >= 0.6 is 11.8 Å². The Labute approximate surface area is 97.6 Å². The summed E-state index contributed by atoms with van der Waals surface area (Å²) in [5.74, 6) is 1.20. The number of nitrogens with one attached hydrogen (secondary N) is 1. The molecule has 15 heavy (non-hydrogen) atoms. The third kappa shape index (κ3) is 6.40. The summed E-state index contributed by atoms with van der Waals surface area (Å²) in [6.45, 7) is 4.95. The van der Waals surface area contributed by atoms with Gasteiger partial charge in [0.2, 0.25) is 0 Å². The van der Waals surface area contributed by atoms with Gasteiger partial charge < -0.3 is 15.3 Å². The summed E-state index contributed by atoms with van der Waals surface area (Å²) >= 11 is 1.88. The summed E-state index contributed by atoms with van der Waals surface area (Å²) in [5, 5.41) is 13.1. The predicted octanol–water partition coefficient (Wildman–Crippen LogP) is 0.786. The molecule has 90 valence electrons. The Balaban J connectivity index is 1.91. The van der Waals surface area contributed by atoms with Crippen molar-refractivity contribution >= 4 is 11.8 Å². The summed E-state index contributed by atoms with van der Waals surface area (Å²) in [7, 11) is 0. The van der Waals surface area contributed by atoms with Gasteiger partial charge in [-0.25, -0.2) is 0 Å². The first-order valence-electron chi connectivity index (χ1n) is 5.93. The minimum absolute atomic E-state index is 0.197. The van der Waals surface area contributed by atoms with Crippen LogP contribution in [0.2, 0.25) is 0 Å². The smallest absolute Gasteiger partial charge is 0.0791 e. The Hall–Kier alpha value is 0.230. The van der Waals surface area contributed by atoms with Crippen LogP contribution in [0.5, 0.6) is 0 Å². The Morgan fingerprint density at radius 2 is 2.13 bits per heavy atom. The number of aliphatic hydroxyl groups excluding tert-OH is 1. The fourth-order valence-corrected chi connectivity index (χ4v) is 2.37. The molecule has 0 aliphatic carbocycles. The van der Waals surface area contributed by atoms with Gasteiger partial charge in [-0.15, -0.1) is 0 Å². The molecule has 3 nitrogen and oxygen atoms in total. The van der Waals surface area contributed by atoms with Gasteiger partial charge in [-0.1, -0.05) is 0 Å². The van der Waals surface area contributed by atoms with Gasteiger partial charge in [0.15, 0.2) is 0 Å². The zero-order valence-corrected chi connectivity index (χ0v) is 10.6. The highest BCUT2D eigenvalue weighted by molar-refractivity contribution is 7.98. The van der Waals surface area contributed by atoms with Crippen molar-refractivity contribution in [1.82, 2.24) is 10.2 Å². The van der Waals surface area contributed by atoms with Gasteiger partial charge in [-0.3, -0.25) is 0 Å². The largest absolute Gasteiger partial charge is 0.390 e. The van der Waals surface area contributed by atoms with Crippen LogP contribution in [-0.4, -0.2) is 60.8 Å². The molecule has 1 heterocycles. The van der Waals surface area contributed by atoms with Gasteiger partial charge in [-0.2, -0.15) is 11.8 Å². The quantitative estimate of drug-likeness (QED) is 0.607. The Morgan fingerprint density at radius 3 is 2.80 bits per heavy atom. The minimum Gasteiger partial charge on any atom is -0.390 e. The van der Waals surface area contributed by atoms with Gasteiger partial charge in [0.25, 0.3) is 0 Å². The van der Waals surface area contributed by atoms with E-state index in [0.717, 1.165) is 19.6 Å². The van der Waals surface area contributed by atoms with E-state index in [1.165, 1.54) is 38.1 Å². The Bertz CT molecular complexity index is 152. The van der Waals surface area contributed by atoms with Crippen LogP contribution in [0.25, 0.3) is 0 Å². The standard InChI is InChI=1S/C11H24N2OS/c1-15-8-4-5-12-9-11(14)10-13-6-2-3-7-13/h11-12,14H,2-10H2,1H3. The number of thioether (sulfide) groups is 1. The van der Waals surface area contributed by atoms with E-state index < -0.39 is 0 Å². The van der Waals surface area contributed by atoms with Crippen LogP contribution in [0.4, 0.5) is 0 Å². The zero-order chi connectivity index (χ0) is 10.9. The molecule has 0 saturated carbocycles. The third-order valence-corrected chi connectivity index (χ3v) is 3.45. The van der Waals surface area contributed by atoms with E-state index in [-0.39, 0.29) is 6.10 Å². The molecule has 0 aromatic heterocycles. The highest BCUT2D eigenvalue weighted by Crippen LogP contribution is 2.07. The van der Waals surface area contributed by atoms with Gasteiger partial charge in [0.1, 0.15) is 0 Å². The van der Waals surface area contributed by atoms with Crippen molar-refractivity contribution in [2.24, 2.45) is 0 Å². The van der Waals surface area contributed by atoms with Gasteiger partial charge in [0, 0.05) is 13.1 Å². The number of rotatable bonds is 8. The van der Waals surface area contributed by atoms with Crippen molar-refractivity contribution in [1.29, 1.82) is 0 Å². The van der Waals surface area contributed by atoms with Gasteiger partial charge in [0.05, 0.1) is 6.10 Å². The molecule has 4 heteroatoms. The van der Waals surface area contributed by atoms with E-state index in [0.29, 0.717) is 0 Å². The molecule has 0 radical (unpaired) electrons. The number of hydrogen-bond donors (Lipinski definition) is 2.